The summed E-state index contributed by atoms with van der Waals surface area (Å²) < 4.78 is 34.0. The smallest absolute Gasteiger partial charge is 0.258 e. The van der Waals surface area contributed by atoms with Crippen LogP contribution in [0.25, 0.3) is 0 Å². The van der Waals surface area contributed by atoms with Gasteiger partial charge in [0.05, 0.1) is 18.0 Å². The molecular formula is C23H34N3O5S+. The van der Waals surface area contributed by atoms with E-state index in [0.717, 1.165) is 30.6 Å². The van der Waals surface area contributed by atoms with Gasteiger partial charge in [-0.2, -0.15) is 0 Å². The van der Waals surface area contributed by atoms with Crippen LogP contribution in [0, 0.1) is 0 Å². The molecule has 0 saturated heterocycles. The summed E-state index contributed by atoms with van der Waals surface area (Å²) in [5, 5.41) is 10.1. The Morgan fingerprint density at radius 2 is 1.69 bits per heavy atom. The maximum absolute atomic E-state index is 12.0. The average Bonchev–Trinajstić information content (AvgIpc) is 2.69. The van der Waals surface area contributed by atoms with E-state index in [2.05, 4.69) is 10.6 Å². The number of nitrogens with one attached hydrogen (secondary N) is 1. The summed E-state index contributed by atoms with van der Waals surface area (Å²) in [5.41, 5.74) is 1.80. The minimum absolute atomic E-state index is 0.0763. The molecule has 0 fully saturated rings. The summed E-state index contributed by atoms with van der Waals surface area (Å²) in [6.07, 6.45) is 0.799. The van der Waals surface area contributed by atoms with E-state index in [-0.39, 0.29) is 22.9 Å². The van der Waals surface area contributed by atoms with Gasteiger partial charge >= 0.3 is 0 Å². The molecule has 1 amide bonds. The molecule has 0 bridgehead atoms. The van der Waals surface area contributed by atoms with Gasteiger partial charge < -0.3 is 20.1 Å². The summed E-state index contributed by atoms with van der Waals surface area (Å²) in [6.45, 7) is 9.66. The van der Waals surface area contributed by atoms with Gasteiger partial charge in [-0.15, -0.1) is 0 Å². The molecule has 8 nitrogen and oxygen atoms in total. The summed E-state index contributed by atoms with van der Waals surface area (Å²) in [6, 6.07) is 12.3. The molecule has 5 N–H and O–H groups in total. The third kappa shape index (κ3) is 8.86. The van der Waals surface area contributed by atoms with Gasteiger partial charge in [0.2, 0.25) is 10.0 Å². The van der Waals surface area contributed by atoms with Crippen molar-refractivity contribution < 1.29 is 28.0 Å². The standard InChI is InChI=1S/C23H33N3O5S/c1-5-30-21-14-18(8-11-20(21)31-16-22(27)26-23(2,3)4)15-25-13-12-17-6-9-19(10-7-17)32(24,28)29/h6-11,14,25H,5,12-13,15-16H2,1-4H3,(H,26,27)(H2,24,28,29)/p+1. The number of hydrogen-bond acceptors (Lipinski definition) is 5. The number of hydrogen-bond donors (Lipinski definition) is 3. The van der Waals surface area contributed by atoms with Gasteiger partial charge in [0.25, 0.3) is 5.91 Å². The maximum Gasteiger partial charge on any atom is 0.258 e. The second kappa shape index (κ2) is 11.3. The van der Waals surface area contributed by atoms with E-state index in [0.29, 0.717) is 18.1 Å². The number of carbonyl (C=O) groups is 1. The number of sulfonamides is 1. The number of quaternary nitrogens is 1. The predicted octanol–water partition coefficient (Wildman–Crippen LogP) is 1.33. The lowest BCUT2D eigenvalue weighted by Crippen LogP contribution is -2.83. The van der Waals surface area contributed by atoms with Crippen LogP contribution in [-0.4, -0.2) is 39.6 Å². The van der Waals surface area contributed by atoms with Crippen molar-refractivity contribution in [3.05, 3.63) is 53.6 Å². The van der Waals surface area contributed by atoms with Crippen molar-refractivity contribution in [2.75, 3.05) is 19.8 Å². The van der Waals surface area contributed by atoms with Crippen LogP contribution < -0.4 is 25.2 Å². The van der Waals surface area contributed by atoms with Crippen LogP contribution in [0.1, 0.15) is 38.8 Å². The summed E-state index contributed by atoms with van der Waals surface area (Å²) in [5.74, 6) is 0.963. The van der Waals surface area contributed by atoms with Gasteiger partial charge in [-0.1, -0.05) is 12.1 Å². The maximum atomic E-state index is 12.0. The van der Waals surface area contributed by atoms with Crippen LogP contribution in [0.2, 0.25) is 0 Å². The molecule has 2 aromatic rings. The molecule has 2 aromatic carbocycles. The summed E-state index contributed by atoms with van der Waals surface area (Å²) in [7, 11) is -3.66. The van der Waals surface area contributed by atoms with Crippen molar-refractivity contribution in [1.82, 2.24) is 5.32 Å². The minimum atomic E-state index is -3.66. The van der Waals surface area contributed by atoms with Crippen LogP contribution in [0.15, 0.2) is 47.4 Å². The number of amides is 1. The quantitative estimate of drug-likeness (QED) is 0.433. The second-order valence-corrected chi connectivity index (χ2v) is 10.1. The fourth-order valence-electron chi connectivity index (χ4n) is 3.05. The highest BCUT2D eigenvalue weighted by molar-refractivity contribution is 7.89. The third-order valence-electron chi connectivity index (χ3n) is 4.45. The average molecular weight is 465 g/mol. The minimum Gasteiger partial charge on any atom is -0.490 e. The van der Waals surface area contributed by atoms with E-state index in [9.17, 15) is 13.2 Å². The van der Waals surface area contributed by atoms with Gasteiger partial charge in [0, 0.05) is 17.5 Å². The van der Waals surface area contributed by atoms with E-state index >= 15 is 0 Å². The van der Waals surface area contributed by atoms with Crippen LogP contribution >= 0.6 is 0 Å². The lowest BCUT2D eigenvalue weighted by Gasteiger charge is -2.21. The molecule has 0 saturated carbocycles. The molecular weight excluding hydrogens is 430 g/mol. The zero-order chi connectivity index (χ0) is 23.8. The topological polar surface area (TPSA) is 124 Å². The zero-order valence-corrected chi connectivity index (χ0v) is 20.0. The predicted molar refractivity (Wildman–Crippen MR) is 123 cm³/mol. The number of primary sulfonamides is 1. The molecule has 176 valence electrons. The highest BCUT2D eigenvalue weighted by atomic mass is 32.2. The lowest BCUT2D eigenvalue weighted by atomic mass is 10.1. The van der Waals surface area contributed by atoms with Crippen LogP contribution in [-0.2, 0) is 27.8 Å². The van der Waals surface area contributed by atoms with Crippen molar-refractivity contribution >= 4 is 15.9 Å². The molecule has 0 aliphatic heterocycles. The monoisotopic (exact) mass is 464 g/mol. The first-order valence-electron chi connectivity index (χ1n) is 10.6. The van der Waals surface area contributed by atoms with Crippen molar-refractivity contribution in [3.8, 4) is 11.5 Å². The van der Waals surface area contributed by atoms with Gasteiger partial charge in [0.1, 0.15) is 6.54 Å². The van der Waals surface area contributed by atoms with Gasteiger partial charge in [-0.25, -0.2) is 13.6 Å². The highest BCUT2D eigenvalue weighted by Crippen LogP contribution is 2.28. The molecule has 0 heterocycles. The van der Waals surface area contributed by atoms with Crippen LogP contribution in [0.5, 0.6) is 11.5 Å². The number of nitrogens with two attached hydrogens (primary N) is 2. The number of benzene rings is 2. The lowest BCUT2D eigenvalue weighted by molar-refractivity contribution is -0.670. The van der Waals surface area contributed by atoms with Crippen molar-refractivity contribution in [3.63, 3.8) is 0 Å². The Bertz CT molecular complexity index is 999. The Hall–Kier alpha value is -2.62. The molecule has 2 rings (SSSR count). The first kappa shape index (κ1) is 25.6. The highest BCUT2D eigenvalue weighted by Gasteiger charge is 2.15. The Morgan fingerprint density at radius 1 is 1.03 bits per heavy atom. The fourth-order valence-corrected chi connectivity index (χ4v) is 3.56. The Morgan fingerprint density at radius 3 is 2.28 bits per heavy atom. The van der Waals surface area contributed by atoms with Gasteiger partial charge in [-0.05, 0) is 63.6 Å². The first-order valence-corrected chi connectivity index (χ1v) is 12.2. The molecule has 0 atom stereocenters. The summed E-state index contributed by atoms with van der Waals surface area (Å²) in [4.78, 5) is 12.1. The van der Waals surface area contributed by atoms with Crippen LogP contribution in [0.3, 0.4) is 0 Å². The fraction of sp³-hybridized carbons (Fsp3) is 0.435. The number of carbonyl (C=O) groups excluding carboxylic acids is 1. The molecule has 9 heteroatoms. The largest absolute Gasteiger partial charge is 0.490 e. The Labute approximate surface area is 190 Å². The van der Waals surface area contributed by atoms with E-state index in [4.69, 9.17) is 14.6 Å². The molecule has 0 radical (unpaired) electrons. The van der Waals surface area contributed by atoms with E-state index in [1.165, 1.54) is 12.1 Å². The first-order chi connectivity index (χ1) is 15.0. The second-order valence-electron chi connectivity index (χ2n) is 8.52. The SMILES string of the molecule is CCOc1cc(C[NH2+]CCc2ccc(S(N)(=O)=O)cc2)ccc1OCC(=O)NC(C)(C)C. The molecule has 0 aromatic heterocycles. The number of ether oxygens (including phenoxy) is 2. The molecule has 0 aliphatic rings. The van der Waals surface area contributed by atoms with E-state index < -0.39 is 10.0 Å². The van der Waals surface area contributed by atoms with Crippen molar-refractivity contribution in [1.29, 1.82) is 0 Å². The molecule has 0 unspecified atom stereocenters. The van der Waals surface area contributed by atoms with E-state index in [1.54, 1.807) is 12.1 Å². The molecule has 0 aliphatic carbocycles. The van der Waals surface area contributed by atoms with Crippen molar-refractivity contribution in [2.24, 2.45) is 5.14 Å². The Kier molecular flexibility index (Phi) is 9.06. The normalized spacial score (nSPS) is 11.8. The zero-order valence-electron chi connectivity index (χ0n) is 19.2. The molecule has 32 heavy (non-hydrogen) atoms. The molecule has 0 spiro atoms. The number of rotatable bonds is 11. The summed E-state index contributed by atoms with van der Waals surface area (Å²) >= 11 is 0. The Balaban J connectivity index is 1.88. The van der Waals surface area contributed by atoms with Crippen molar-refractivity contribution in [2.45, 2.75) is 51.1 Å². The van der Waals surface area contributed by atoms with Gasteiger partial charge in [0.15, 0.2) is 18.1 Å². The van der Waals surface area contributed by atoms with E-state index in [1.807, 2.05) is 45.9 Å². The van der Waals surface area contributed by atoms with Gasteiger partial charge in [-0.3, -0.25) is 4.79 Å². The van der Waals surface area contributed by atoms with Crippen LogP contribution in [0.4, 0.5) is 0 Å². The third-order valence-corrected chi connectivity index (χ3v) is 5.38.